The van der Waals surface area contributed by atoms with Crippen LogP contribution in [0.5, 0.6) is 0 Å². The third-order valence-corrected chi connectivity index (χ3v) is 2.27. The lowest BCUT2D eigenvalue weighted by Crippen LogP contribution is -2.31. The predicted octanol–water partition coefficient (Wildman–Crippen LogP) is 1.51. The molecule has 0 saturated carbocycles. The monoisotopic (exact) mass is 168 g/mol. The van der Waals surface area contributed by atoms with E-state index in [9.17, 15) is 5.11 Å². The van der Waals surface area contributed by atoms with E-state index in [1.807, 2.05) is 18.2 Å². The van der Waals surface area contributed by atoms with E-state index in [-0.39, 0.29) is 6.10 Å². The lowest BCUT2D eigenvalue weighted by Gasteiger charge is -2.26. The van der Waals surface area contributed by atoms with Crippen LogP contribution in [0.25, 0.3) is 0 Å². The summed E-state index contributed by atoms with van der Waals surface area (Å²) in [5.74, 6) is 0.482. The lowest BCUT2D eigenvalue weighted by atomic mass is 9.89. The van der Waals surface area contributed by atoms with Gasteiger partial charge >= 0.3 is 0 Å². The first-order valence-electron chi connectivity index (χ1n) is 4.28. The second-order valence-corrected chi connectivity index (χ2v) is 3.17. The summed E-state index contributed by atoms with van der Waals surface area (Å²) in [7, 11) is 1.64. The van der Waals surface area contributed by atoms with Crippen molar-refractivity contribution in [3.8, 4) is 0 Å². The summed E-state index contributed by atoms with van der Waals surface area (Å²) < 4.78 is 5.14. The first-order chi connectivity index (χ1) is 5.77. The first kappa shape index (κ1) is 9.49. The Kier molecular flexibility index (Phi) is 3.50. The van der Waals surface area contributed by atoms with Crippen molar-refractivity contribution in [3.63, 3.8) is 0 Å². The molecular weight excluding hydrogens is 152 g/mol. The van der Waals surface area contributed by atoms with Crippen molar-refractivity contribution >= 4 is 0 Å². The minimum Gasteiger partial charge on any atom is -0.386 e. The molecule has 0 fully saturated rings. The highest BCUT2D eigenvalue weighted by atomic mass is 16.5. The van der Waals surface area contributed by atoms with Crippen LogP contribution in [-0.2, 0) is 4.74 Å². The third-order valence-electron chi connectivity index (χ3n) is 2.27. The molecule has 1 aliphatic carbocycles. The molecule has 68 valence electrons. The second-order valence-electron chi connectivity index (χ2n) is 3.17. The molecule has 0 radical (unpaired) electrons. The number of ether oxygens (including phenoxy) is 1. The van der Waals surface area contributed by atoms with E-state index in [1.54, 1.807) is 7.11 Å². The van der Waals surface area contributed by atoms with E-state index in [0.29, 0.717) is 5.92 Å². The summed E-state index contributed by atoms with van der Waals surface area (Å²) in [6.07, 6.45) is 7.13. The van der Waals surface area contributed by atoms with Gasteiger partial charge in [-0.05, 0) is 18.8 Å². The van der Waals surface area contributed by atoms with Crippen molar-refractivity contribution in [1.82, 2.24) is 0 Å². The van der Waals surface area contributed by atoms with Gasteiger partial charge in [0, 0.05) is 7.11 Å². The number of rotatable bonds is 3. The molecule has 2 heteroatoms. The fourth-order valence-corrected chi connectivity index (χ4v) is 1.54. The Bertz CT molecular complexity index is 175. The quantitative estimate of drug-likeness (QED) is 0.647. The summed E-state index contributed by atoms with van der Waals surface area (Å²) in [5, 5.41) is 9.42. The van der Waals surface area contributed by atoms with E-state index < -0.39 is 6.10 Å². The van der Waals surface area contributed by atoms with Gasteiger partial charge in [0.05, 0.1) is 12.2 Å². The van der Waals surface area contributed by atoms with Crippen LogP contribution in [-0.4, -0.2) is 24.4 Å². The molecule has 0 aromatic rings. The van der Waals surface area contributed by atoms with E-state index >= 15 is 0 Å². The molecule has 3 unspecified atom stereocenters. The molecular formula is C10H16O2. The van der Waals surface area contributed by atoms with E-state index in [4.69, 9.17) is 4.74 Å². The zero-order valence-electron chi connectivity index (χ0n) is 7.44. The number of hydrogen-bond acceptors (Lipinski definition) is 2. The maximum absolute atomic E-state index is 9.42. The highest BCUT2D eigenvalue weighted by Crippen LogP contribution is 2.23. The van der Waals surface area contributed by atoms with Crippen molar-refractivity contribution in [1.29, 1.82) is 0 Å². The Morgan fingerprint density at radius 3 is 3.00 bits per heavy atom. The van der Waals surface area contributed by atoms with Gasteiger partial charge in [-0.3, -0.25) is 0 Å². The smallest absolute Gasteiger partial charge is 0.0982 e. The number of hydrogen-bond donors (Lipinski definition) is 1. The lowest BCUT2D eigenvalue weighted by molar-refractivity contribution is -0.00485. The Morgan fingerprint density at radius 1 is 1.67 bits per heavy atom. The molecule has 0 aromatic heterocycles. The van der Waals surface area contributed by atoms with Gasteiger partial charge in [-0.1, -0.05) is 18.2 Å². The van der Waals surface area contributed by atoms with Crippen LogP contribution in [0.2, 0.25) is 0 Å². The van der Waals surface area contributed by atoms with Crippen LogP contribution in [0.3, 0.4) is 0 Å². The molecule has 1 aliphatic rings. The molecule has 12 heavy (non-hydrogen) atoms. The molecule has 0 aliphatic heterocycles. The topological polar surface area (TPSA) is 29.5 Å². The number of aliphatic hydroxyl groups excluding tert-OH is 1. The van der Waals surface area contributed by atoms with Crippen molar-refractivity contribution in [3.05, 3.63) is 24.8 Å². The summed E-state index contributed by atoms with van der Waals surface area (Å²) in [4.78, 5) is 0. The fourth-order valence-electron chi connectivity index (χ4n) is 1.54. The van der Waals surface area contributed by atoms with Crippen LogP contribution < -0.4 is 0 Å². The van der Waals surface area contributed by atoms with Crippen LogP contribution in [0, 0.1) is 5.92 Å². The van der Waals surface area contributed by atoms with Gasteiger partial charge in [0.1, 0.15) is 0 Å². The highest BCUT2D eigenvalue weighted by Gasteiger charge is 2.23. The minimum absolute atomic E-state index is 0.0417. The average molecular weight is 168 g/mol. The van der Waals surface area contributed by atoms with Crippen molar-refractivity contribution in [2.75, 3.05) is 7.11 Å². The van der Waals surface area contributed by atoms with Gasteiger partial charge in [0.15, 0.2) is 0 Å². The Hall–Kier alpha value is -0.600. The summed E-state index contributed by atoms with van der Waals surface area (Å²) in [6, 6.07) is 0. The van der Waals surface area contributed by atoms with Crippen LogP contribution in [0.15, 0.2) is 24.8 Å². The first-order valence-corrected chi connectivity index (χ1v) is 4.28. The van der Waals surface area contributed by atoms with E-state index in [0.717, 1.165) is 12.8 Å². The zero-order valence-corrected chi connectivity index (χ0v) is 7.44. The molecule has 1 N–H and O–H groups in total. The molecule has 0 aromatic carbocycles. The summed E-state index contributed by atoms with van der Waals surface area (Å²) in [5.41, 5.74) is 0. The van der Waals surface area contributed by atoms with E-state index in [1.165, 1.54) is 0 Å². The molecule has 3 atom stereocenters. The molecule has 1 rings (SSSR count). The standard InChI is InChI=1S/C10H16O2/c1-3-4-8-5-6-9(11)10(7-8)12-2/h3,5-6,8-11H,1,4,7H2,2H3. The summed E-state index contributed by atoms with van der Waals surface area (Å²) >= 11 is 0. The van der Waals surface area contributed by atoms with E-state index in [2.05, 4.69) is 6.58 Å². The molecule has 0 heterocycles. The average Bonchev–Trinajstić information content (AvgIpc) is 2.09. The number of aliphatic hydroxyl groups is 1. The van der Waals surface area contributed by atoms with Gasteiger partial charge in [0.25, 0.3) is 0 Å². The Labute approximate surface area is 73.5 Å². The Morgan fingerprint density at radius 2 is 2.42 bits per heavy atom. The van der Waals surface area contributed by atoms with Crippen molar-refractivity contribution in [2.24, 2.45) is 5.92 Å². The maximum Gasteiger partial charge on any atom is 0.0982 e. The maximum atomic E-state index is 9.42. The second kappa shape index (κ2) is 4.43. The van der Waals surface area contributed by atoms with Gasteiger partial charge in [-0.2, -0.15) is 0 Å². The zero-order chi connectivity index (χ0) is 8.97. The largest absolute Gasteiger partial charge is 0.386 e. The van der Waals surface area contributed by atoms with Crippen molar-refractivity contribution in [2.45, 2.75) is 25.0 Å². The van der Waals surface area contributed by atoms with Gasteiger partial charge in [-0.15, -0.1) is 6.58 Å². The number of allylic oxidation sites excluding steroid dienone is 2. The molecule has 0 bridgehead atoms. The number of methoxy groups -OCH3 is 1. The minimum atomic E-state index is -0.434. The van der Waals surface area contributed by atoms with Crippen LogP contribution >= 0.6 is 0 Å². The predicted molar refractivity (Wildman–Crippen MR) is 48.9 cm³/mol. The molecule has 0 spiro atoms. The van der Waals surface area contributed by atoms with Crippen LogP contribution in [0.1, 0.15) is 12.8 Å². The van der Waals surface area contributed by atoms with Gasteiger partial charge in [-0.25, -0.2) is 0 Å². The SMILES string of the molecule is C=CCC1C=CC(O)C(OC)C1. The molecule has 0 saturated heterocycles. The summed E-state index contributed by atoms with van der Waals surface area (Å²) in [6.45, 7) is 3.69. The normalized spacial score (nSPS) is 35.0. The fraction of sp³-hybridized carbons (Fsp3) is 0.600. The third kappa shape index (κ3) is 2.19. The highest BCUT2D eigenvalue weighted by molar-refractivity contribution is 5.04. The van der Waals surface area contributed by atoms with Gasteiger partial charge < -0.3 is 9.84 Å². The molecule has 2 nitrogen and oxygen atoms in total. The van der Waals surface area contributed by atoms with Crippen molar-refractivity contribution < 1.29 is 9.84 Å². The van der Waals surface area contributed by atoms with Gasteiger partial charge in [0.2, 0.25) is 0 Å². The Balaban J connectivity index is 2.51. The van der Waals surface area contributed by atoms with Crippen LogP contribution in [0.4, 0.5) is 0 Å². The molecule has 0 amide bonds.